The Kier molecular flexibility index (Phi) is 3.54. The van der Waals surface area contributed by atoms with Gasteiger partial charge in [0.1, 0.15) is 10.6 Å². The van der Waals surface area contributed by atoms with E-state index in [0.29, 0.717) is 11.3 Å². The molecule has 0 spiro atoms. The molecule has 0 aliphatic rings. The Bertz CT molecular complexity index is 538. The van der Waals surface area contributed by atoms with Crippen LogP contribution in [0.4, 0.5) is 5.82 Å². The number of rotatable bonds is 3. The van der Waals surface area contributed by atoms with Crippen molar-refractivity contribution in [2.45, 2.75) is 33.2 Å². The lowest BCUT2D eigenvalue weighted by Gasteiger charge is -2.25. The number of hydrogen-bond acceptors (Lipinski definition) is 4. The molecule has 0 saturated carbocycles. The van der Waals surface area contributed by atoms with Gasteiger partial charge in [-0.1, -0.05) is 6.92 Å². The molecule has 0 aliphatic carbocycles. The van der Waals surface area contributed by atoms with Gasteiger partial charge in [0.15, 0.2) is 0 Å². The zero-order valence-electron chi connectivity index (χ0n) is 10.5. The van der Waals surface area contributed by atoms with Crippen molar-refractivity contribution in [3.05, 3.63) is 16.2 Å². The summed E-state index contributed by atoms with van der Waals surface area (Å²) in [5.74, 6) is 0.929. The zero-order chi connectivity index (χ0) is 12.6. The topological polar surface area (TPSA) is 29.0 Å². The Balaban J connectivity index is 2.58. The molecule has 1 atom stereocenters. The van der Waals surface area contributed by atoms with Crippen LogP contribution in [0.1, 0.15) is 25.1 Å². The van der Waals surface area contributed by atoms with E-state index >= 15 is 0 Å². The summed E-state index contributed by atoms with van der Waals surface area (Å²) < 4.78 is 0. The van der Waals surface area contributed by atoms with E-state index in [4.69, 9.17) is 11.6 Å². The molecule has 17 heavy (non-hydrogen) atoms. The van der Waals surface area contributed by atoms with Gasteiger partial charge in [0.05, 0.1) is 5.39 Å². The van der Waals surface area contributed by atoms with E-state index in [1.165, 1.54) is 4.88 Å². The second-order valence-electron chi connectivity index (χ2n) is 4.26. The molecule has 0 N–H and O–H groups in total. The van der Waals surface area contributed by atoms with Gasteiger partial charge in [0.2, 0.25) is 5.28 Å². The van der Waals surface area contributed by atoms with Crippen molar-refractivity contribution in [1.29, 1.82) is 0 Å². The zero-order valence-corrected chi connectivity index (χ0v) is 12.1. The van der Waals surface area contributed by atoms with Crippen molar-refractivity contribution in [1.82, 2.24) is 9.97 Å². The molecule has 92 valence electrons. The van der Waals surface area contributed by atoms with Gasteiger partial charge >= 0.3 is 0 Å². The predicted octanol–water partition coefficient (Wildman–Crippen LogP) is 3.89. The predicted molar refractivity (Wildman–Crippen MR) is 75.3 cm³/mol. The third-order valence-electron chi connectivity index (χ3n) is 3.05. The fraction of sp³-hybridized carbons (Fsp3) is 0.500. The summed E-state index contributed by atoms with van der Waals surface area (Å²) in [4.78, 5) is 13.0. The van der Waals surface area contributed by atoms with E-state index in [1.54, 1.807) is 11.3 Å². The Hall–Kier alpha value is -0.870. The first-order valence-electron chi connectivity index (χ1n) is 5.69. The van der Waals surface area contributed by atoms with E-state index in [9.17, 15) is 0 Å². The number of aryl methyl sites for hydroxylation is 1. The number of anilines is 1. The van der Waals surface area contributed by atoms with Gasteiger partial charge in [-0.05, 0) is 37.9 Å². The van der Waals surface area contributed by atoms with E-state index in [1.807, 2.05) is 0 Å². The van der Waals surface area contributed by atoms with Gasteiger partial charge in [0, 0.05) is 18.0 Å². The summed E-state index contributed by atoms with van der Waals surface area (Å²) in [5, 5.41) is 1.42. The van der Waals surface area contributed by atoms with E-state index in [2.05, 4.69) is 48.8 Å². The molecule has 0 aromatic carbocycles. The Labute approximate surface area is 110 Å². The lowest BCUT2D eigenvalue weighted by Crippen LogP contribution is -2.29. The van der Waals surface area contributed by atoms with Crippen molar-refractivity contribution in [3.63, 3.8) is 0 Å². The Morgan fingerprint density at radius 2 is 2.18 bits per heavy atom. The molecular formula is C12H16ClN3S. The number of thiophene rings is 1. The lowest BCUT2D eigenvalue weighted by atomic mass is 10.2. The van der Waals surface area contributed by atoms with E-state index in [0.717, 1.165) is 22.5 Å². The molecule has 2 heterocycles. The lowest BCUT2D eigenvalue weighted by molar-refractivity contribution is 0.658. The molecule has 0 radical (unpaired) electrons. The summed E-state index contributed by atoms with van der Waals surface area (Å²) >= 11 is 7.64. The molecule has 0 bridgehead atoms. The maximum Gasteiger partial charge on any atom is 0.225 e. The molecule has 0 aliphatic heterocycles. The molecule has 2 rings (SSSR count). The summed E-state index contributed by atoms with van der Waals surface area (Å²) in [5.41, 5.74) is 0. The van der Waals surface area contributed by atoms with Crippen molar-refractivity contribution >= 4 is 39.0 Å². The second-order valence-corrected chi connectivity index (χ2v) is 5.83. The average Bonchev–Trinajstić information content (AvgIpc) is 2.66. The monoisotopic (exact) mass is 269 g/mol. The van der Waals surface area contributed by atoms with Crippen LogP contribution in [-0.2, 0) is 0 Å². The smallest absolute Gasteiger partial charge is 0.225 e. The number of halogens is 1. The van der Waals surface area contributed by atoms with Crippen LogP contribution in [-0.4, -0.2) is 23.1 Å². The first-order valence-corrected chi connectivity index (χ1v) is 6.89. The third kappa shape index (κ3) is 2.38. The van der Waals surface area contributed by atoms with Crippen LogP contribution < -0.4 is 4.90 Å². The molecule has 2 aromatic heterocycles. The summed E-state index contributed by atoms with van der Waals surface area (Å²) in [6.45, 7) is 6.42. The SMILES string of the molecule is CCC(C)N(C)c1nc(Cl)nc2sc(C)cc12. The second kappa shape index (κ2) is 4.78. The third-order valence-corrected chi connectivity index (χ3v) is 4.17. The van der Waals surface area contributed by atoms with Gasteiger partial charge < -0.3 is 4.90 Å². The van der Waals surface area contributed by atoms with Crippen LogP contribution in [0.25, 0.3) is 10.2 Å². The quantitative estimate of drug-likeness (QED) is 0.792. The van der Waals surface area contributed by atoms with Gasteiger partial charge in [-0.3, -0.25) is 0 Å². The van der Waals surface area contributed by atoms with Gasteiger partial charge in [0.25, 0.3) is 0 Å². The van der Waals surface area contributed by atoms with Crippen molar-refractivity contribution in [2.75, 3.05) is 11.9 Å². The first kappa shape index (κ1) is 12.6. The van der Waals surface area contributed by atoms with E-state index < -0.39 is 0 Å². The fourth-order valence-corrected chi connectivity index (χ4v) is 2.84. The maximum absolute atomic E-state index is 5.98. The highest BCUT2D eigenvalue weighted by atomic mass is 35.5. The normalized spacial score (nSPS) is 13.0. The first-order chi connectivity index (χ1) is 8.02. The van der Waals surface area contributed by atoms with Gasteiger partial charge in [-0.25, -0.2) is 4.98 Å². The minimum absolute atomic E-state index is 0.324. The largest absolute Gasteiger partial charge is 0.356 e. The summed E-state index contributed by atoms with van der Waals surface area (Å²) in [7, 11) is 2.05. The molecular weight excluding hydrogens is 254 g/mol. The van der Waals surface area contributed by atoms with Crippen LogP contribution >= 0.6 is 22.9 Å². The van der Waals surface area contributed by atoms with Gasteiger partial charge in [-0.15, -0.1) is 11.3 Å². The molecule has 0 fully saturated rings. The van der Waals surface area contributed by atoms with Crippen LogP contribution in [0.2, 0.25) is 5.28 Å². The highest BCUT2D eigenvalue weighted by Crippen LogP contribution is 2.32. The molecule has 2 aromatic rings. The van der Waals surface area contributed by atoms with Crippen LogP contribution in [0, 0.1) is 6.92 Å². The fourth-order valence-electron chi connectivity index (χ4n) is 1.75. The minimum atomic E-state index is 0.324. The Morgan fingerprint density at radius 1 is 1.47 bits per heavy atom. The molecule has 1 unspecified atom stereocenters. The van der Waals surface area contributed by atoms with Crippen molar-refractivity contribution < 1.29 is 0 Å². The van der Waals surface area contributed by atoms with Crippen LogP contribution in [0.15, 0.2) is 6.07 Å². The van der Waals surface area contributed by atoms with Crippen LogP contribution in [0.3, 0.4) is 0 Å². The van der Waals surface area contributed by atoms with Crippen LogP contribution in [0.5, 0.6) is 0 Å². The average molecular weight is 270 g/mol. The molecule has 5 heteroatoms. The molecule has 0 amide bonds. The highest BCUT2D eigenvalue weighted by Gasteiger charge is 2.16. The number of aromatic nitrogens is 2. The number of hydrogen-bond donors (Lipinski definition) is 0. The van der Waals surface area contributed by atoms with Crippen molar-refractivity contribution in [2.24, 2.45) is 0 Å². The summed E-state index contributed by atoms with van der Waals surface area (Å²) in [6.07, 6.45) is 1.07. The minimum Gasteiger partial charge on any atom is -0.356 e. The number of nitrogens with zero attached hydrogens (tertiary/aromatic N) is 3. The van der Waals surface area contributed by atoms with Gasteiger partial charge in [-0.2, -0.15) is 4.98 Å². The highest BCUT2D eigenvalue weighted by molar-refractivity contribution is 7.18. The Morgan fingerprint density at radius 3 is 2.82 bits per heavy atom. The van der Waals surface area contributed by atoms with E-state index in [-0.39, 0.29) is 0 Å². The standard InChI is InChI=1S/C12H16ClN3S/c1-5-7(2)16(4)10-9-6-8(3)17-11(9)15-12(13)14-10/h6-7H,5H2,1-4H3. The summed E-state index contributed by atoms with van der Waals surface area (Å²) in [6, 6.07) is 2.56. The molecule has 0 saturated heterocycles. The maximum atomic E-state index is 5.98. The van der Waals surface area contributed by atoms with Crippen molar-refractivity contribution in [3.8, 4) is 0 Å². The number of fused-ring (bicyclic) bond motifs is 1. The molecule has 3 nitrogen and oxygen atoms in total.